The van der Waals surface area contributed by atoms with Crippen molar-refractivity contribution in [1.29, 1.82) is 0 Å². The SMILES string of the molecule is COC(=O)c1ccc(OC)c(N(C)C(=O)C(C)C)c1. The first-order valence-corrected chi connectivity index (χ1v) is 5.96. The number of hydrogen-bond donors (Lipinski definition) is 0. The summed E-state index contributed by atoms with van der Waals surface area (Å²) < 4.78 is 9.89. The quantitative estimate of drug-likeness (QED) is 0.782. The third-order valence-electron chi connectivity index (χ3n) is 2.79. The number of ether oxygens (including phenoxy) is 2. The zero-order valence-electron chi connectivity index (χ0n) is 11.9. The van der Waals surface area contributed by atoms with E-state index in [2.05, 4.69) is 4.74 Å². The molecule has 0 unspecified atom stereocenters. The summed E-state index contributed by atoms with van der Waals surface area (Å²) in [7, 11) is 4.49. The topological polar surface area (TPSA) is 55.8 Å². The Morgan fingerprint density at radius 2 is 1.84 bits per heavy atom. The van der Waals surface area contributed by atoms with Crippen LogP contribution in [0.2, 0.25) is 0 Å². The molecule has 0 aromatic heterocycles. The number of carbonyl (C=O) groups is 2. The van der Waals surface area contributed by atoms with E-state index in [-0.39, 0.29) is 11.8 Å². The molecule has 0 atom stereocenters. The van der Waals surface area contributed by atoms with Gasteiger partial charge in [0.1, 0.15) is 5.75 Å². The summed E-state index contributed by atoms with van der Waals surface area (Å²) >= 11 is 0. The van der Waals surface area contributed by atoms with E-state index >= 15 is 0 Å². The zero-order chi connectivity index (χ0) is 14.6. The van der Waals surface area contributed by atoms with Gasteiger partial charge in [-0.1, -0.05) is 13.8 Å². The van der Waals surface area contributed by atoms with Gasteiger partial charge in [-0.05, 0) is 18.2 Å². The first-order chi connectivity index (χ1) is 8.92. The van der Waals surface area contributed by atoms with Gasteiger partial charge in [0.05, 0.1) is 25.5 Å². The fourth-order valence-corrected chi connectivity index (χ4v) is 1.70. The van der Waals surface area contributed by atoms with Crippen LogP contribution in [-0.2, 0) is 9.53 Å². The number of carbonyl (C=O) groups excluding carboxylic acids is 2. The number of nitrogens with zero attached hydrogens (tertiary/aromatic N) is 1. The summed E-state index contributed by atoms with van der Waals surface area (Å²) in [5, 5.41) is 0. The van der Waals surface area contributed by atoms with Crippen molar-refractivity contribution >= 4 is 17.6 Å². The molecule has 1 amide bonds. The molecule has 1 aromatic carbocycles. The van der Waals surface area contributed by atoms with Crippen LogP contribution < -0.4 is 9.64 Å². The molecule has 0 saturated heterocycles. The van der Waals surface area contributed by atoms with E-state index in [1.54, 1.807) is 25.2 Å². The highest BCUT2D eigenvalue weighted by molar-refractivity contribution is 5.98. The molecule has 0 bridgehead atoms. The number of benzene rings is 1. The van der Waals surface area contributed by atoms with Gasteiger partial charge in [-0.15, -0.1) is 0 Å². The largest absolute Gasteiger partial charge is 0.495 e. The van der Waals surface area contributed by atoms with Crippen LogP contribution in [-0.4, -0.2) is 33.1 Å². The lowest BCUT2D eigenvalue weighted by molar-refractivity contribution is -0.121. The van der Waals surface area contributed by atoms with Gasteiger partial charge in [0.2, 0.25) is 5.91 Å². The van der Waals surface area contributed by atoms with Gasteiger partial charge < -0.3 is 14.4 Å². The number of esters is 1. The predicted molar refractivity (Wildman–Crippen MR) is 72.6 cm³/mol. The molecule has 19 heavy (non-hydrogen) atoms. The highest BCUT2D eigenvalue weighted by Crippen LogP contribution is 2.29. The Morgan fingerprint density at radius 1 is 1.21 bits per heavy atom. The molecule has 5 heteroatoms. The Bertz CT molecular complexity index is 482. The van der Waals surface area contributed by atoms with Gasteiger partial charge in [-0.2, -0.15) is 0 Å². The molecule has 0 spiro atoms. The molecular formula is C14H19NO4. The smallest absolute Gasteiger partial charge is 0.337 e. The van der Waals surface area contributed by atoms with Crippen LogP contribution in [0.5, 0.6) is 5.75 Å². The van der Waals surface area contributed by atoms with Crippen molar-refractivity contribution in [3.63, 3.8) is 0 Å². The molecule has 0 heterocycles. The molecule has 0 N–H and O–H groups in total. The molecule has 0 radical (unpaired) electrons. The van der Waals surface area contributed by atoms with E-state index in [1.165, 1.54) is 19.1 Å². The van der Waals surface area contributed by atoms with Crippen LogP contribution in [0.25, 0.3) is 0 Å². The Labute approximate surface area is 113 Å². The maximum absolute atomic E-state index is 12.0. The average Bonchev–Trinajstić information content (AvgIpc) is 2.43. The zero-order valence-corrected chi connectivity index (χ0v) is 11.9. The third kappa shape index (κ3) is 3.24. The second kappa shape index (κ2) is 6.22. The van der Waals surface area contributed by atoms with Crippen LogP contribution in [0.4, 0.5) is 5.69 Å². The van der Waals surface area contributed by atoms with E-state index in [9.17, 15) is 9.59 Å². The molecule has 0 fully saturated rings. The molecule has 0 saturated carbocycles. The van der Waals surface area contributed by atoms with Gasteiger partial charge in [0.15, 0.2) is 0 Å². The number of methoxy groups -OCH3 is 2. The fourth-order valence-electron chi connectivity index (χ4n) is 1.70. The van der Waals surface area contributed by atoms with Crippen molar-refractivity contribution in [2.75, 3.05) is 26.2 Å². The van der Waals surface area contributed by atoms with Crippen molar-refractivity contribution in [1.82, 2.24) is 0 Å². The minimum atomic E-state index is -0.450. The van der Waals surface area contributed by atoms with Crippen LogP contribution in [0.3, 0.4) is 0 Å². The fraction of sp³-hybridized carbons (Fsp3) is 0.429. The number of amides is 1. The van der Waals surface area contributed by atoms with E-state index in [0.29, 0.717) is 17.0 Å². The molecular weight excluding hydrogens is 246 g/mol. The minimum absolute atomic E-state index is 0.0553. The van der Waals surface area contributed by atoms with Gasteiger partial charge in [0.25, 0.3) is 0 Å². The first-order valence-electron chi connectivity index (χ1n) is 5.96. The second-order valence-corrected chi connectivity index (χ2v) is 4.43. The van der Waals surface area contributed by atoms with Crippen molar-refractivity contribution in [2.24, 2.45) is 5.92 Å². The highest BCUT2D eigenvalue weighted by Gasteiger charge is 2.20. The minimum Gasteiger partial charge on any atom is -0.495 e. The lowest BCUT2D eigenvalue weighted by Crippen LogP contribution is -2.30. The molecule has 104 valence electrons. The van der Waals surface area contributed by atoms with Gasteiger partial charge >= 0.3 is 5.97 Å². The molecule has 0 aliphatic heterocycles. The summed E-state index contributed by atoms with van der Waals surface area (Å²) in [6.07, 6.45) is 0. The monoisotopic (exact) mass is 265 g/mol. The Morgan fingerprint density at radius 3 is 2.32 bits per heavy atom. The lowest BCUT2D eigenvalue weighted by Gasteiger charge is -2.22. The Balaban J connectivity index is 3.23. The van der Waals surface area contributed by atoms with Crippen LogP contribution in [0.15, 0.2) is 18.2 Å². The summed E-state index contributed by atoms with van der Waals surface area (Å²) in [6.45, 7) is 3.63. The summed E-state index contributed by atoms with van der Waals surface area (Å²) in [4.78, 5) is 25.0. The molecule has 0 aliphatic rings. The molecule has 0 aliphatic carbocycles. The van der Waals surface area contributed by atoms with Crippen LogP contribution in [0, 0.1) is 5.92 Å². The number of anilines is 1. The van der Waals surface area contributed by atoms with E-state index < -0.39 is 5.97 Å². The standard InChI is InChI=1S/C14H19NO4/c1-9(2)13(16)15(3)11-8-10(14(17)19-5)6-7-12(11)18-4/h6-9H,1-5H3. The third-order valence-corrected chi connectivity index (χ3v) is 2.79. The normalized spacial score (nSPS) is 10.2. The lowest BCUT2D eigenvalue weighted by atomic mass is 10.1. The number of rotatable bonds is 4. The average molecular weight is 265 g/mol. The van der Waals surface area contributed by atoms with Gasteiger partial charge in [-0.25, -0.2) is 4.79 Å². The Kier molecular flexibility index (Phi) is 4.92. The second-order valence-electron chi connectivity index (χ2n) is 4.43. The summed E-state index contributed by atoms with van der Waals surface area (Å²) in [5.41, 5.74) is 0.922. The maximum atomic E-state index is 12.0. The van der Waals surface area contributed by atoms with E-state index in [4.69, 9.17) is 4.74 Å². The van der Waals surface area contributed by atoms with Gasteiger partial charge in [-0.3, -0.25) is 4.79 Å². The van der Waals surface area contributed by atoms with Crippen molar-refractivity contribution in [2.45, 2.75) is 13.8 Å². The molecule has 5 nitrogen and oxygen atoms in total. The van der Waals surface area contributed by atoms with E-state index in [1.807, 2.05) is 13.8 Å². The maximum Gasteiger partial charge on any atom is 0.337 e. The van der Waals surface area contributed by atoms with Crippen molar-refractivity contribution in [3.05, 3.63) is 23.8 Å². The summed E-state index contributed by atoms with van der Waals surface area (Å²) in [6, 6.07) is 4.83. The number of hydrogen-bond acceptors (Lipinski definition) is 4. The van der Waals surface area contributed by atoms with E-state index in [0.717, 1.165) is 0 Å². The van der Waals surface area contributed by atoms with Crippen LogP contribution in [0.1, 0.15) is 24.2 Å². The van der Waals surface area contributed by atoms with Crippen molar-refractivity contribution in [3.8, 4) is 5.75 Å². The first kappa shape index (κ1) is 15.0. The Hall–Kier alpha value is -2.04. The van der Waals surface area contributed by atoms with Gasteiger partial charge in [0, 0.05) is 13.0 Å². The summed E-state index contributed by atoms with van der Waals surface area (Å²) in [5.74, 6) is -0.116. The van der Waals surface area contributed by atoms with Crippen molar-refractivity contribution < 1.29 is 19.1 Å². The van der Waals surface area contributed by atoms with Crippen LogP contribution >= 0.6 is 0 Å². The molecule has 1 rings (SSSR count). The highest BCUT2D eigenvalue weighted by atomic mass is 16.5. The predicted octanol–water partition coefficient (Wildman–Crippen LogP) is 2.10. The molecule has 1 aromatic rings.